The average molecular weight is 357 g/mol. The number of aromatic nitrogens is 1. The zero-order chi connectivity index (χ0) is 17.3. The van der Waals surface area contributed by atoms with Crippen LogP contribution in [0.15, 0.2) is 41.2 Å². The molecule has 2 amide bonds. The monoisotopic (exact) mass is 357 g/mol. The minimum absolute atomic E-state index is 0.00369. The third kappa shape index (κ3) is 3.17. The van der Waals surface area contributed by atoms with E-state index in [9.17, 15) is 9.59 Å². The molecule has 2 aliphatic rings. The number of amides is 2. The number of hydrogen-bond donors (Lipinski definition) is 0. The van der Waals surface area contributed by atoms with E-state index >= 15 is 0 Å². The number of anilines is 1. The van der Waals surface area contributed by atoms with Crippen LogP contribution < -0.4 is 4.90 Å². The fourth-order valence-electron chi connectivity index (χ4n) is 3.43. The molecule has 0 N–H and O–H groups in total. The average Bonchev–Trinajstić information content (AvgIpc) is 3.19. The molecule has 0 atom stereocenters. The van der Waals surface area contributed by atoms with E-state index in [1.165, 1.54) is 0 Å². The number of carbonyl (C=O) groups is 2. The number of nitrogens with zero attached hydrogens (tertiary/aromatic N) is 3. The first-order valence-electron chi connectivity index (χ1n) is 8.34. The van der Waals surface area contributed by atoms with Gasteiger partial charge in [0.05, 0.1) is 17.8 Å². The maximum atomic E-state index is 12.5. The van der Waals surface area contributed by atoms with Crippen molar-refractivity contribution in [1.29, 1.82) is 0 Å². The number of carbonyl (C=O) groups excluding carboxylic acids is 2. The molecule has 0 saturated carbocycles. The zero-order valence-corrected chi connectivity index (χ0v) is 14.6. The molecule has 4 rings (SSSR count). The first-order valence-corrected chi connectivity index (χ1v) is 9.28. The molecule has 25 heavy (non-hydrogen) atoms. The summed E-state index contributed by atoms with van der Waals surface area (Å²) in [7, 11) is 0. The highest BCUT2D eigenvalue weighted by atomic mass is 32.1. The first-order chi connectivity index (χ1) is 12.2. The molecule has 2 aliphatic heterocycles. The molecule has 0 radical (unpaired) electrons. The number of thiophene rings is 1. The fourth-order valence-corrected chi connectivity index (χ4v) is 4.07. The summed E-state index contributed by atoms with van der Waals surface area (Å²) in [6.45, 7) is 1.88. The van der Waals surface area contributed by atoms with E-state index < -0.39 is 0 Å². The van der Waals surface area contributed by atoms with E-state index in [1.54, 1.807) is 29.7 Å². The Hall–Kier alpha value is -2.25. The largest absolute Gasteiger partial charge is 0.363 e. The van der Waals surface area contributed by atoms with Gasteiger partial charge in [0.25, 0.3) is 11.8 Å². The number of rotatable bonds is 2. The highest BCUT2D eigenvalue weighted by Gasteiger charge is 2.43. The van der Waals surface area contributed by atoms with Gasteiger partial charge in [-0.2, -0.15) is 11.3 Å². The number of morpholine rings is 1. The van der Waals surface area contributed by atoms with Crippen LogP contribution in [0, 0.1) is 0 Å². The standard InChI is InChI=1S/C18H19N3O3S/c22-16-11-24-18(13-21(16)14-4-10-25-12-14)5-8-20(9-6-18)17(23)15-3-1-2-7-19-15/h1-4,7,10,12H,5-6,8-9,11,13H2. The van der Waals surface area contributed by atoms with Crippen LogP contribution in [0.2, 0.25) is 0 Å². The van der Waals surface area contributed by atoms with Crippen molar-refractivity contribution in [3.8, 4) is 0 Å². The molecule has 0 aromatic carbocycles. The van der Waals surface area contributed by atoms with E-state index in [1.807, 2.05) is 32.7 Å². The van der Waals surface area contributed by atoms with Crippen LogP contribution in [0.1, 0.15) is 23.3 Å². The van der Waals surface area contributed by atoms with Crippen LogP contribution in [0.5, 0.6) is 0 Å². The van der Waals surface area contributed by atoms with Crippen molar-refractivity contribution in [2.24, 2.45) is 0 Å². The molecular formula is C18H19N3O3S. The Morgan fingerprint density at radius 1 is 1.24 bits per heavy atom. The second-order valence-electron chi connectivity index (χ2n) is 6.44. The van der Waals surface area contributed by atoms with Crippen molar-refractivity contribution in [3.05, 3.63) is 46.9 Å². The van der Waals surface area contributed by atoms with Gasteiger partial charge < -0.3 is 14.5 Å². The van der Waals surface area contributed by atoms with Gasteiger partial charge in [-0.05, 0) is 36.4 Å². The van der Waals surface area contributed by atoms with Gasteiger partial charge in [0.15, 0.2) is 0 Å². The van der Waals surface area contributed by atoms with Crippen molar-refractivity contribution in [2.75, 3.05) is 31.1 Å². The summed E-state index contributed by atoms with van der Waals surface area (Å²) in [5.74, 6) is -0.0481. The van der Waals surface area contributed by atoms with Gasteiger partial charge in [-0.25, -0.2) is 0 Å². The quantitative estimate of drug-likeness (QED) is 0.826. The van der Waals surface area contributed by atoms with Gasteiger partial charge in [0, 0.05) is 24.7 Å². The predicted molar refractivity (Wildman–Crippen MR) is 94.7 cm³/mol. The van der Waals surface area contributed by atoms with Gasteiger partial charge in [-0.15, -0.1) is 0 Å². The Labute approximate surface area is 150 Å². The topological polar surface area (TPSA) is 62.7 Å². The van der Waals surface area contributed by atoms with Crippen LogP contribution in [-0.4, -0.2) is 53.5 Å². The lowest BCUT2D eigenvalue weighted by Crippen LogP contribution is -2.59. The maximum Gasteiger partial charge on any atom is 0.272 e. The molecule has 2 fully saturated rings. The van der Waals surface area contributed by atoms with Crippen LogP contribution >= 0.6 is 11.3 Å². The van der Waals surface area contributed by atoms with Crippen molar-refractivity contribution in [2.45, 2.75) is 18.4 Å². The summed E-state index contributed by atoms with van der Waals surface area (Å²) in [5, 5.41) is 3.95. The van der Waals surface area contributed by atoms with Gasteiger partial charge >= 0.3 is 0 Å². The zero-order valence-electron chi connectivity index (χ0n) is 13.8. The lowest BCUT2D eigenvalue weighted by molar-refractivity contribution is -0.143. The summed E-state index contributed by atoms with van der Waals surface area (Å²) in [6, 6.07) is 7.32. The Morgan fingerprint density at radius 2 is 2.08 bits per heavy atom. The summed E-state index contributed by atoms with van der Waals surface area (Å²) < 4.78 is 5.94. The molecular weight excluding hydrogens is 338 g/mol. The minimum atomic E-state index is -0.364. The van der Waals surface area contributed by atoms with E-state index in [0.717, 1.165) is 18.5 Å². The predicted octanol–water partition coefficient (Wildman–Crippen LogP) is 2.18. The van der Waals surface area contributed by atoms with E-state index in [4.69, 9.17) is 4.74 Å². The number of hydrogen-bond acceptors (Lipinski definition) is 5. The third-order valence-electron chi connectivity index (χ3n) is 4.91. The fraction of sp³-hybridized carbons (Fsp3) is 0.389. The van der Waals surface area contributed by atoms with Gasteiger partial charge in [-0.1, -0.05) is 6.07 Å². The number of ether oxygens (including phenoxy) is 1. The van der Waals surface area contributed by atoms with Crippen LogP contribution in [0.25, 0.3) is 0 Å². The molecule has 6 nitrogen and oxygen atoms in total. The number of pyridine rings is 1. The van der Waals surface area contributed by atoms with E-state index in [0.29, 0.717) is 25.3 Å². The van der Waals surface area contributed by atoms with Crippen molar-refractivity contribution in [3.63, 3.8) is 0 Å². The smallest absolute Gasteiger partial charge is 0.272 e. The Balaban J connectivity index is 1.44. The Morgan fingerprint density at radius 3 is 2.76 bits per heavy atom. The van der Waals surface area contributed by atoms with Crippen LogP contribution in [0.4, 0.5) is 5.69 Å². The third-order valence-corrected chi connectivity index (χ3v) is 5.58. The van der Waals surface area contributed by atoms with Crippen LogP contribution in [0.3, 0.4) is 0 Å². The Kier molecular flexibility index (Phi) is 4.27. The second kappa shape index (κ2) is 6.57. The number of piperidine rings is 1. The summed E-state index contributed by atoms with van der Waals surface area (Å²) in [6.07, 6.45) is 3.08. The molecule has 0 bridgehead atoms. The molecule has 2 aromatic heterocycles. The highest BCUT2D eigenvalue weighted by molar-refractivity contribution is 7.08. The van der Waals surface area contributed by atoms with Gasteiger partial charge in [0.2, 0.25) is 0 Å². The molecule has 2 aromatic rings. The van der Waals surface area contributed by atoms with Crippen LogP contribution in [-0.2, 0) is 9.53 Å². The van der Waals surface area contributed by atoms with E-state index in [-0.39, 0.29) is 24.0 Å². The van der Waals surface area contributed by atoms with Crippen molar-refractivity contribution >= 4 is 28.8 Å². The summed E-state index contributed by atoms with van der Waals surface area (Å²) >= 11 is 1.58. The summed E-state index contributed by atoms with van der Waals surface area (Å²) in [4.78, 5) is 32.5. The molecule has 2 saturated heterocycles. The maximum absolute atomic E-state index is 12.5. The second-order valence-corrected chi connectivity index (χ2v) is 7.22. The minimum Gasteiger partial charge on any atom is -0.363 e. The lowest BCUT2D eigenvalue weighted by atomic mass is 9.89. The summed E-state index contributed by atoms with van der Waals surface area (Å²) in [5.41, 5.74) is 1.04. The van der Waals surface area contributed by atoms with Crippen molar-refractivity contribution < 1.29 is 14.3 Å². The molecule has 0 aliphatic carbocycles. The van der Waals surface area contributed by atoms with Gasteiger partial charge in [-0.3, -0.25) is 14.6 Å². The van der Waals surface area contributed by atoms with Crippen molar-refractivity contribution in [1.82, 2.24) is 9.88 Å². The lowest BCUT2D eigenvalue weighted by Gasteiger charge is -2.46. The molecule has 1 spiro atoms. The molecule has 7 heteroatoms. The first kappa shape index (κ1) is 16.2. The SMILES string of the molecule is O=C(c1ccccn1)N1CCC2(CC1)CN(c1ccsc1)C(=O)CO2. The molecule has 0 unspecified atom stereocenters. The van der Waals surface area contributed by atoms with E-state index in [2.05, 4.69) is 4.98 Å². The highest BCUT2D eigenvalue weighted by Crippen LogP contribution is 2.33. The van der Waals surface area contributed by atoms with Gasteiger partial charge in [0.1, 0.15) is 12.3 Å². The molecule has 4 heterocycles. The Bertz CT molecular complexity index is 755. The number of likely N-dealkylation sites (tertiary alicyclic amines) is 1. The normalized spacial score (nSPS) is 20.1. The molecule has 130 valence electrons.